The molecule has 1 saturated heterocycles. The monoisotopic (exact) mass is 559 g/mol. The van der Waals surface area contributed by atoms with Crippen LogP contribution >= 0.6 is 35.1 Å². The Bertz CT molecular complexity index is 1220. The zero-order valence-electron chi connectivity index (χ0n) is 15.8. The highest BCUT2D eigenvalue weighted by atomic mass is 35.5. The van der Waals surface area contributed by atoms with E-state index in [1.54, 1.807) is 16.3 Å². The zero-order valence-corrected chi connectivity index (χ0v) is 19.2. The minimum absolute atomic E-state index is 0.378. The first kappa shape index (κ1) is 28.0. The van der Waals surface area contributed by atoms with Gasteiger partial charge >= 0.3 is 34.8 Å². The highest BCUT2D eigenvalue weighted by Crippen LogP contribution is 2.66. The van der Waals surface area contributed by atoms with E-state index in [-0.39, 0.29) is 0 Å². The van der Waals surface area contributed by atoms with E-state index in [2.05, 4.69) is 18.1 Å². The molecule has 0 spiro atoms. The average Bonchev–Trinajstić information content (AvgIpc) is 2.83. The number of hydrogen-bond donors (Lipinski definition) is 6. The van der Waals surface area contributed by atoms with E-state index in [4.69, 9.17) is 26.1 Å². The molecule has 22 heteroatoms. The molecule has 2 rings (SSSR count). The van der Waals surface area contributed by atoms with Gasteiger partial charge in [-0.3, -0.25) is 14.1 Å². The van der Waals surface area contributed by atoms with Gasteiger partial charge in [0.1, 0.15) is 18.5 Å². The SMILES string of the molecule is C[C@H](OP(=O)(O)OP(=O)(O)OP(=O)(O)O)[C@H]1O[C@@H](n2cnc(=O)[nH]c2=O)C(F)(C#CCl)[C@H]1O. The summed E-state index contributed by atoms with van der Waals surface area (Å²) in [5.74, 6) is 1.76. The summed E-state index contributed by atoms with van der Waals surface area (Å²) in [7, 11) is -17.2. The number of phosphoric acid groups is 3. The normalized spacial score (nSPS) is 30.0. The minimum Gasteiger partial charge on any atom is -0.386 e. The van der Waals surface area contributed by atoms with Gasteiger partial charge in [-0.15, -0.1) is 0 Å². The highest BCUT2D eigenvalue weighted by Gasteiger charge is 2.60. The lowest BCUT2D eigenvalue weighted by molar-refractivity contribution is -0.0785. The van der Waals surface area contributed by atoms with Crippen molar-refractivity contribution in [3.63, 3.8) is 0 Å². The van der Waals surface area contributed by atoms with Crippen LogP contribution in [0.3, 0.4) is 0 Å². The molecule has 1 aromatic rings. The molecule has 3 unspecified atom stereocenters. The molecule has 186 valence electrons. The number of aliphatic hydroxyl groups is 1. The lowest BCUT2D eigenvalue weighted by Gasteiger charge is -2.25. The number of nitrogens with zero attached hydrogens (tertiary/aromatic N) is 2. The van der Waals surface area contributed by atoms with Gasteiger partial charge in [-0.25, -0.2) is 27.7 Å². The third kappa shape index (κ3) is 6.87. The molecule has 7 atom stereocenters. The van der Waals surface area contributed by atoms with Crippen molar-refractivity contribution in [2.75, 3.05) is 0 Å². The highest BCUT2D eigenvalue weighted by molar-refractivity contribution is 7.66. The van der Waals surface area contributed by atoms with Crippen LogP contribution in [0, 0.1) is 11.3 Å². The molecule has 2 heterocycles. The van der Waals surface area contributed by atoms with E-state index >= 15 is 4.39 Å². The van der Waals surface area contributed by atoms with Gasteiger partial charge in [0.2, 0.25) is 5.67 Å². The standard InChI is InChI=1S/C11H14ClFN3O14P3/c1-5(28-32(23,24)30-33(25,26)29-31(20,21)22)6-7(17)11(13,2-3-12)8(27-6)16-4-14-9(18)15-10(16)19/h4-8,17H,1H3,(H,23,24)(H,25,26)(H,15,18,19)(H2,20,21,22)/t5-,6+,7-,8+,11?/m0/s1. The number of aromatic nitrogens is 3. The predicted octanol–water partition coefficient (Wildman–Crippen LogP) is -1.17. The fourth-order valence-electron chi connectivity index (χ4n) is 2.64. The molecular formula is C11H14ClFN3O14P3. The summed E-state index contributed by atoms with van der Waals surface area (Å²) in [6.07, 6.45) is -7.75. The van der Waals surface area contributed by atoms with E-state index in [9.17, 15) is 38.2 Å². The maximum atomic E-state index is 15.5. The van der Waals surface area contributed by atoms with Crippen molar-refractivity contribution in [2.24, 2.45) is 0 Å². The van der Waals surface area contributed by atoms with E-state index in [0.717, 1.165) is 6.92 Å². The fourth-order valence-corrected chi connectivity index (χ4v) is 5.99. The molecular weight excluding hydrogens is 546 g/mol. The van der Waals surface area contributed by atoms with Crippen LogP contribution < -0.4 is 11.4 Å². The number of ether oxygens (including phenoxy) is 1. The van der Waals surface area contributed by atoms with Crippen molar-refractivity contribution < 1.29 is 60.6 Å². The largest absolute Gasteiger partial charge is 0.490 e. The number of halogens is 2. The van der Waals surface area contributed by atoms with Gasteiger partial charge in [-0.05, 0) is 24.4 Å². The Kier molecular flexibility index (Phi) is 8.27. The number of hydrogen-bond acceptors (Lipinski definition) is 11. The second-order valence-electron chi connectivity index (χ2n) is 6.17. The van der Waals surface area contributed by atoms with Gasteiger partial charge in [0, 0.05) is 5.38 Å². The number of phosphoric ester groups is 1. The van der Waals surface area contributed by atoms with E-state index in [1.165, 1.54) is 0 Å². The number of aromatic amines is 1. The fraction of sp³-hybridized carbons (Fsp3) is 0.545. The Labute approximate surface area is 186 Å². The zero-order chi connectivity index (χ0) is 25.4. The van der Waals surface area contributed by atoms with Gasteiger partial charge in [-0.1, -0.05) is 0 Å². The second kappa shape index (κ2) is 9.76. The minimum atomic E-state index is -5.85. The van der Waals surface area contributed by atoms with Crippen LogP contribution in [0.2, 0.25) is 0 Å². The van der Waals surface area contributed by atoms with Crippen LogP contribution in [-0.4, -0.2) is 63.2 Å². The number of aliphatic hydroxyl groups excluding tert-OH is 1. The molecule has 0 amide bonds. The van der Waals surface area contributed by atoms with Crippen LogP contribution in [0.5, 0.6) is 0 Å². The first-order valence-electron chi connectivity index (χ1n) is 8.06. The van der Waals surface area contributed by atoms with Crippen LogP contribution in [0.1, 0.15) is 13.2 Å². The summed E-state index contributed by atoms with van der Waals surface area (Å²) in [4.78, 5) is 63.8. The molecule has 0 saturated carbocycles. The Morgan fingerprint density at radius 3 is 2.39 bits per heavy atom. The maximum Gasteiger partial charge on any atom is 0.490 e. The number of rotatable bonds is 8. The Hall–Kier alpha value is -1.28. The van der Waals surface area contributed by atoms with E-state index in [0.29, 0.717) is 10.9 Å². The quantitative estimate of drug-likeness (QED) is 0.162. The van der Waals surface area contributed by atoms with Crippen LogP contribution in [0.4, 0.5) is 4.39 Å². The summed E-state index contributed by atoms with van der Waals surface area (Å²) < 4.78 is 66.7. The topological polar surface area (TPSA) is 257 Å². The molecule has 1 aromatic heterocycles. The first-order chi connectivity index (χ1) is 14.9. The average molecular weight is 560 g/mol. The summed E-state index contributed by atoms with van der Waals surface area (Å²) in [6.45, 7) is 0.886. The molecule has 17 nitrogen and oxygen atoms in total. The van der Waals surface area contributed by atoms with Gasteiger partial charge in [-0.2, -0.15) is 13.6 Å². The Balaban J connectivity index is 2.32. The summed E-state index contributed by atoms with van der Waals surface area (Å²) >= 11 is 5.21. The van der Waals surface area contributed by atoms with Crippen molar-refractivity contribution in [1.82, 2.24) is 14.5 Å². The van der Waals surface area contributed by atoms with E-state index in [1.807, 2.05) is 0 Å². The molecule has 1 fully saturated rings. The van der Waals surface area contributed by atoms with E-state index < -0.39 is 65.1 Å². The summed E-state index contributed by atoms with van der Waals surface area (Å²) in [5.41, 5.74) is -5.52. The second-order valence-corrected chi connectivity index (χ2v) is 10.7. The molecule has 33 heavy (non-hydrogen) atoms. The molecule has 1 aliphatic heterocycles. The summed E-state index contributed by atoms with van der Waals surface area (Å²) in [5, 5.41) is 12.0. The van der Waals surface area contributed by atoms with Gasteiger partial charge < -0.3 is 29.4 Å². The van der Waals surface area contributed by atoms with Crippen molar-refractivity contribution >= 4 is 35.1 Å². The molecule has 6 N–H and O–H groups in total. The van der Waals surface area contributed by atoms with Crippen LogP contribution in [0.25, 0.3) is 0 Å². The number of H-pyrrole nitrogens is 1. The van der Waals surface area contributed by atoms with Crippen LogP contribution in [0.15, 0.2) is 15.9 Å². The molecule has 1 aliphatic rings. The number of alkyl halides is 1. The summed E-state index contributed by atoms with van der Waals surface area (Å²) in [6, 6.07) is 0. The van der Waals surface area contributed by atoms with Crippen LogP contribution in [-0.2, 0) is 31.6 Å². The molecule has 0 bridgehead atoms. The molecule has 0 radical (unpaired) electrons. The number of nitrogens with one attached hydrogen (secondary N) is 1. The van der Waals surface area contributed by atoms with Crippen molar-refractivity contribution in [3.05, 3.63) is 27.3 Å². The van der Waals surface area contributed by atoms with Gasteiger partial charge in [0.25, 0.3) is 0 Å². The lowest BCUT2D eigenvalue weighted by atomic mass is 9.95. The maximum absolute atomic E-state index is 15.5. The third-order valence-electron chi connectivity index (χ3n) is 3.80. The first-order valence-corrected chi connectivity index (χ1v) is 13.0. The van der Waals surface area contributed by atoms with Crippen molar-refractivity contribution in [2.45, 2.75) is 37.1 Å². The third-order valence-corrected chi connectivity index (χ3v) is 7.83. The lowest BCUT2D eigenvalue weighted by Crippen LogP contribution is -2.46. The van der Waals surface area contributed by atoms with Gasteiger partial charge in [0.05, 0.1) is 6.10 Å². The predicted molar refractivity (Wildman–Crippen MR) is 101 cm³/mol. The molecule has 0 aliphatic carbocycles. The Morgan fingerprint density at radius 2 is 1.88 bits per heavy atom. The Morgan fingerprint density at radius 1 is 1.27 bits per heavy atom. The smallest absolute Gasteiger partial charge is 0.386 e. The molecule has 0 aromatic carbocycles. The van der Waals surface area contributed by atoms with Crippen molar-refractivity contribution in [3.8, 4) is 11.3 Å². The van der Waals surface area contributed by atoms with Crippen molar-refractivity contribution in [1.29, 1.82) is 0 Å². The van der Waals surface area contributed by atoms with Gasteiger partial charge in [0.15, 0.2) is 6.23 Å².